The third-order valence-corrected chi connectivity index (χ3v) is 5.15. The predicted molar refractivity (Wildman–Crippen MR) is 80.2 cm³/mol. The van der Waals surface area contributed by atoms with Crippen molar-refractivity contribution in [2.24, 2.45) is 5.73 Å². The number of piperidine rings is 1. The van der Waals surface area contributed by atoms with Crippen molar-refractivity contribution in [1.82, 2.24) is 4.90 Å². The largest absolute Gasteiger partial charge is 0.328 e. The lowest BCUT2D eigenvalue weighted by Gasteiger charge is -2.42. The Morgan fingerprint density at radius 1 is 1.16 bits per heavy atom. The molecule has 2 N–H and O–H groups in total. The average molecular weight is 258 g/mol. The van der Waals surface area contributed by atoms with Crippen LogP contribution in [0.3, 0.4) is 0 Å². The molecule has 19 heavy (non-hydrogen) atoms. The van der Waals surface area contributed by atoms with Crippen LogP contribution in [0.5, 0.6) is 0 Å². The minimum absolute atomic E-state index is 0.431. The molecule has 0 amide bonds. The zero-order valence-corrected chi connectivity index (χ0v) is 12.4. The summed E-state index contributed by atoms with van der Waals surface area (Å²) >= 11 is 0. The summed E-state index contributed by atoms with van der Waals surface area (Å²) in [5.74, 6) is 0. The summed E-state index contributed by atoms with van der Waals surface area (Å²) in [6.07, 6.45) is 5.05. The summed E-state index contributed by atoms with van der Waals surface area (Å²) in [7, 11) is 0. The molecule has 2 nitrogen and oxygen atoms in total. The van der Waals surface area contributed by atoms with Crippen LogP contribution in [-0.2, 0) is 0 Å². The van der Waals surface area contributed by atoms with Gasteiger partial charge in [-0.25, -0.2) is 0 Å². The fourth-order valence-corrected chi connectivity index (χ4v) is 4.34. The standard InChI is InChI=1S/C17H26N2/c1-11-4-7-17(12(2)8-11)13(3)19-15-5-6-16(19)10-14(18)9-15/h4,7-8,13-16H,5-6,9-10,18H2,1-3H3. The van der Waals surface area contributed by atoms with Gasteiger partial charge in [-0.05, 0) is 57.6 Å². The van der Waals surface area contributed by atoms with Gasteiger partial charge in [0.2, 0.25) is 0 Å². The highest BCUT2D eigenvalue weighted by Gasteiger charge is 2.42. The fourth-order valence-electron chi connectivity index (χ4n) is 4.34. The molecule has 0 spiro atoms. The first kappa shape index (κ1) is 13.1. The molecule has 3 unspecified atom stereocenters. The van der Waals surface area contributed by atoms with E-state index in [4.69, 9.17) is 5.73 Å². The first-order chi connectivity index (χ1) is 9.06. The van der Waals surface area contributed by atoms with E-state index < -0.39 is 0 Å². The minimum atomic E-state index is 0.431. The lowest BCUT2D eigenvalue weighted by atomic mass is 9.92. The van der Waals surface area contributed by atoms with E-state index in [1.807, 2.05) is 0 Å². The van der Waals surface area contributed by atoms with E-state index in [1.165, 1.54) is 42.4 Å². The number of nitrogens with two attached hydrogens (primary N) is 1. The van der Waals surface area contributed by atoms with Gasteiger partial charge in [0.1, 0.15) is 0 Å². The highest BCUT2D eigenvalue weighted by molar-refractivity contribution is 5.33. The first-order valence-electron chi connectivity index (χ1n) is 7.66. The predicted octanol–water partition coefficient (Wildman–Crippen LogP) is 3.32. The van der Waals surface area contributed by atoms with Gasteiger partial charge >= 0.3 is 0 Å². The monoisotopic (exact) mass is 258 g/mol. The van der Waals surface area contributed by atoms with E-state index in [1.54, 1.807) is 0 Å². The Kier molecular flexibility index (Phi) is 3.40. The van der Waals surface area contributed by atoms with E-state index in [0.29, 0.717) is 24.2 Å². The zero-order chi connectivity index (χ0) is 13.6. The Balaban J connectivity index is 1.86. The van der Waals surface area contributed by atoms with Crippen molar-refractivity contribution in [3.63, 3.8) is 0 Å². The Hall–Kier alpha value is -0.860. The van der Waals surface area contributed by atoms with Crippen molar-refractivity contribution in [3.8, 4) is 0 Å². The van der Waals surface area contributed by atoms with E-state index in [9.17, 15) is 0 Å². The smallest absolute Gasteiger partial charge is 0.0328 e. The third-order valence-electron chi connectivity index (χ3n) is 5.15. The maximum Gasteiger partial charge on any atom is 0.0328 e. The highest BCUT2D eigenvalue weighted by atomic mass is 15.2. The number of aryl methyl sites for hydroxylation is 2. The van der Waals surface area contributed by atoms with Crippen LogP contribution in [0.15, 0.2) is 18.2 Å². The summed E-state index contributed by atoms with van der Waals surface area (Å²) in [5.41, 5.74) is 10.5. The number of hydrogen-bond donors (Lipinski definition) is 1. The van der Waals surface area contributed by atoms with Crippen LogP contribution >= 0.6 is 0 Å². The quantitative estimate of drug-likeness (QED) is 0.881. The molecule has 2 saturated heterocycles. The van der Waals surface area contributed by atoms with Gasteiger partial charge in [-0.15, -0.1) is 0 Å². The summed E-state index contributed by atoms with van der Waals surface area (Å²) in [4.78, 5) is 2.75. The van der Waals surface area contributed by atoms with Crippen molar-refractivity contribution in [2.75, 3.05) is 0 Å². The van der Waals surface area contributed by atoms with E-state index in [-0.39, 0.29) is 0 Å². The van der Waals surface area contributed by atoms with E-state index >= 15 is 0 Å². The van der Waals surface area contributed by atoms with E-state index in [2.05, 4.69) is 43.9 Å². The molecule has 2 heterocycles. The maximum atomic E-state index is 6.18. The maximum absolute atomic E-state index is 6.18. The molecule has 3 atom stereocenters. The van der Waals surface area contributed by atoms with Crippen LogP contribution in [0.4, 0.5) is 0 Å². The Morgan fingerprint density at radius 2 is 1.79 bits per heavy atom. The van der Waals surface area contributed by atoms with Gasteiger partial charge in [0.05, 0.1) is 0 Å². The molecule has 1 aromatic rings. The lowest BCUT2D eigenvalue weighted by molar-refractivity contribution is 0.0851. The van der Waals surface area contributed by atoms with Crippen LogP contribution in [0.25, 0.3) is 0 Å². The zero-order valence-electron chi connectivity index (χ0n) is 12.4. The van der Waals surface area contributed by atoms with Crippen molar-refractivity contribution < 1.29 is 0 Å². The second kappa shape index (κ2) is 4.92. The number of hydrogen-bond acceptors (Lipinski definition) is 2. The van der Waals surface area contributed by atoms with Crippen molar-refractivity contribution >= 4 is 0 Å². The van der Waals surface area contributed by atoms with Crippen molar-refractivity contribution in [3.05, 3.63) is 34.9 Å². The molecule has 2 aliphatic rings. The van der Waals surface area contributed by atoms with Gasteiger partial charge in [-0.1, -0.05) is 23.8 Å². The Labute approximate surface area is 117 Å². The number of benzene rings is 1. The van der Waals surface area contributed by atoms with Crippen LogP contribution in [0, 0.1) is 13.8 Å². The summed E-state index contributed by atoms with van der Waals surface area (Å²) in [5, 5.41) is 0. The third kappa shape index (κ3) is 2.32. The fraction of sp³-hybridized carbons (Fsp3) is 0.647. The average Bonchev–Trinajstić information content (AvgIpc) is 2.61. The second-order valence-corrected chi connectivity index (χ2v) is 6.60. The van der Waals surface area contributed by atoms with Gasteiger partial charge in [-0.2, -0.15) is 0 Å². The Morgan fingerprint density at radius 3 is 2.37 bits per heavy atom. The van der Waals surface area contributed by atoms with Gasteiger partial charge in [-0.3, -0.25) is 4.90 Å². The molecular weight excluding hydrogens is 232 g/mol. The highest BCUT2D eigenvalue weighted by Crippen LogP contribution is 2.41. The van der Waals surface area contributed by atoms with E-state index in [0.717, 1.165) is 0 Å². The molecule has 2 bridgehead atoms. The molecule has 2 heteroatoms. The first-order valence-corrected chi connectivity index (χ1v) is 7.66. The lowest BCUT2D eigenvalue weighted by Crippen LogP contribution is -2.48. The summed E-state index contributed by atoms with van der Waals surface area (Å²) in [6, 6.07) is 9.27. The molecular formula is C17H26N2. The SMILES string of the molecule is Cc1ccc(C(C)N2C3CCC2CC(N)C3)c(C)c1. The molecule has 1 aromatic carbocycles. The van der Waals surface area contributed by atoms with Gasteiger partial charge in [0, 0.05) is 24.2 Å². The number of fused-ring (bicyclic) bond motifs is 2. The van der Waals surface area contributed by atoms with Gasteiger partial charge in [0.15, 0.2) is 0 Å². The molecule has 3 rings (SSSR count). The Bertz CT molecular complexity index is 454. The summed E-state index contributed by atoms with van der Waals surface area (Å²) in [6.45, 7) is 6.79. The number of rotatable bonds is 2. The topological polar surface area (TPSA) is 29.3 Å². The van der Waals surface area contributed by atoms with Crippen LogP contribution in [0.1, 0.15) is 55.3 Å². The summed E-state index contributed by atoms with van der Waals surface area (Å²) < 4.78 is 0. The van der Waals surface area contributed by atoms with Crippen molar-refractivity contribution in [2.45, 2.75) is 70.6 Å². The van der Waals surface area contributed by atoms with Crippen LogP contribution < -0.4 is 5.73 Å². The van der Waals surface area contributed by atoms with Crippen LogP contribution in [0.2, 0.25) is 0 Å². The molecule has 2 aliphatic heterocycles. The molecule has 2 fully saturated rings. The molecule has 0 aliphatic carbocycles. The van der Waals surface area contributed by atoms with Crippen LogP contribution in [-0.4, -0.2) is 23.0 Å². The second-order valence-electron chi connectivity index (χ2n) is 6.60. The molecule has 0 aromatic heterocycles. The van der Waals surface area contributed by atoms with Gasteiger partial charge in [0.25, 0.3) is 0 Å². The molecule has 104 valence electrons. The van der Waals surface area contributed by atoms with Crippen molar-refractivity contribution in [1.29, 1.82) is 0 Å². The number of nitrogens with zero attached hydrogens (tertiary/aromatic N) is 1. The minimum Gasteiger partial charge on any atom is -0.328 e. The molecule has 0 saturated carbocycles. The van der Waals surface area contributed by atoms with Gasteiger partial charge < -0.3 is 5.73 Å². The molecule has 0 radical (unpaired) electrons. The normalized spacial score (nSPS) is 32.5.